The number of hydrogen-bond donors (Lipinski definition) is 1. The summed E-state index contributed by atoms with van der Waals surface area (Å²) in [5.74, 6) is 0.0361. The molecule has 0 saturated carbocycles. The molecule has 0 amide bonds. The van der Waals surface area contributed by atoms with Gasteiger partial charge in [0.2, 0.25) is 10.0 Å². The monoisotopic (exact) mass is 225 g/mol. The zero-order valence-corrected chi connectivity index (χ0v) is 9.38. The van der Waals surface area contributed by atoms with Gasteiger partial charge in [0, 0.05) is 26.9 Å². The summed E-state index contributed by atoms with van der Waals surface area (Å²) in [5.41, 5.74) is 0. The molecule has 5 nitrogen and oxygen atoms in total. The maximum absolute atomic E-state index is 10.5. The standard InChI is InChI=1S/C8H19NO4S/c1-12-5-4-7-13-6-2-3-8-14(9,10)11/h2-8H2,1H3,(H2,9,10,11). The van der Waals surface area contributed by atoms with E-state index in [9.17, 15) is 8.42 Å². The van der Waals surface area contributed by atoms with Crippen LogP contribution in [-0.4, -0.2) is 41.1 Å². The third-order valence-electron chi connectivity index (χ3n) is 1.60. The zero-order valence-electron chi connectivity index (χ0n) is 8.57. The smallest absolute Gasteiger partial charge is 0.209 e. The number of primary sulfonamides is 1. The molecule has 86 valence electrons. The third kappa shape index (κ3) is 11.8. The van der Waals surface area contributed by atoms with Gasteiger partial charge in [-0.1, -0.05) is 0 Å². The quantitative estimate of drug-likeness (QED) is 0.565. The van der Waals surface area contributed by atoms with Crippen molar-refractivity contribution in [3.05, 3.63) is 0 Å². The van der Waals surface area contributed by atoms with E-state index in [0.717, 1.165) is 12.8 Å². The van der Waals surface area contributed by atoms with Gasteiger partial charge in [0.25, 0.3) is 0 Å². The molecule has 0 unspecified atom stereocenters. The summed E-state index contributed by atoms with van der Waals surface area (Å²) in [5, 5.41) is 4.83. The molecular weight excluding hydrogens is 206 g/mol. The molecule has 0 aliphatic heterocycles. The average Bonchev–Trinajstić information content (AvgIpc) is 2.08. The summed E-state index contributed by atoms with van der Waals surface area (Å²) in [4.78, 5) is 0. The molecule has 0 atom stereocenters. The Bertz CT molecular complexity index is 215. The van der Waals surface area contributed by atoms with Crippen molar-refractivity contribution in [1.82, 2.24) is 0 Å². The van der Waals surface area contributed by atoms with Crippen molar-refractivity contribution < 1.29 is 17.9 Å². The Morgan fingerprint density at radius 3 is 2.29 bits per heavy atom. The SMILES string of the molecule is COCCCOCCCCS(N)(=O)=O. The molecule has 0 aliphatic carbocycles. The van der Waals surface area contributed by atoms with Gasteiger partial charge < -0.3 is 9.47 Å². The van der Waals surface area contributed by atoms with Gasteiger partial charge in [-0.25, -0.2) is 13.6 Å². The van der Waals surface area contributed by atoms with Crippen LogP contribution in [0, 0.1) is 0 Å². The van der Waals surface area contributed by atoms with Gasteiger partial charge in [0.1, 0.15) is 0 Å². The number of hydrogen-bond acceptors (Lipinski definition) is 4. The van der Waals surface area contributed by atoms with Gasteiger partial charge in [-0.3, -0.25) is 0 Å². The fourth-order valence-electron chi connectivity index (χ4n) is 0.915. The first-order valence-corrected chi connectivity index (χ1v) is 6.35. The molecule has 0 saturated heterocycles. The number of sulfonamides is 1. The molecule has 0 aromatic rings. The molecule has 0 heterocycles. The predicted molar refractivity (Wildman–Crippen MR) is 54.5 cm³/mol. The number of unbranched alkanes of at least 4 members (excludes halogenated alkanes) is 1. The number of methoxy groups -OCH3 is 1. The summed E-state index contributed by atoms with van der Waals surface area (Å²) >= 11 is 0. The minimum Gasteiger partial charge on any atom is -0.385 e. The minimum atomic E-state index is -3.30. The highest BCUT2D eigenvalue weighted by Gasteiger charge is 2.00. The molecule has 0 rings (SSSR count). The Morgan fingerprint density at radius 2 is 1.71 bits per heavy atom. The highest BCUT2D eigenvalue weighted by atomic mass is 32.2. The number of rotatable bonds is 9. The molecule has 0 bridgehead atoms. The van der Waals surface area contributed by atoms with E-state index in [1.807, 2.05) is 0 Å². The van der Waals surface area contributed by atoms with E-state index >= 15 is 0 Å². The van der Waals surface area contributed by atoms with Crippen molar-refractivity contribution in [2.45, 2.75) is 19.3 Å². The van der Waals surface area contributed by atoms with Gasteiger partial charge in [0.15, 0.2) is 0 Å². The van der Waals surface area contributed by atoms with Crippen LogP contribution in [0.25, 0.3) is 0 Å². The van der Waals surface area contributed by atoms with Crippen LogP contribution in [0.2, 0.25) is 0 Å². The lowest BCUT2D eigenvalue weighted by molar-refractivity contribution is 0.101. The Hall–Kier alpha value is -0.170. The summed E-state index contributed by atoms with van der Waals surface area (Å²) in [6.07, 6.45) is 2.15. The van der Waals surface area contributed by atoms with Gasteiger partial charge in [-0.15, -0.1) is 0 Å². The Balaban J connectivity index is 3.07. The van der Waals surface area contributed by atoms with Gasteiger partial charge >= 0.3 is 0 Å². The van der Waals surface area contributed by atoms with Crippen molar-refractivity contribution in [3.8, 4) is 0 Å². The maximum atomic E-state index is 10.5. The van der Waals surface area contributed by atoms with Crippen LogP contribution in [0.1, 0.15) is 19.3 Å². The van der Waals surface area contributed by atoms with E-state index in [0.29, 0.717) is 26.2 Å². The molecule has 0 spiro atoms. The van der Waals surface area contributed by atoms with Crippen LogP contribution in [0.4, 0.5) is 0 Å². The lowest BCUT2D eigenvalue weighted by Gasteiger charge is -2.03. The molecule has 2 N–H and O–H groups in total. The van der Waals surface area contributed by atoms with Crippen LogP contribution in [0.3, 0.4) is 0 Å². The Morgan fingerprint density at radius 1 is 1.07 bits per heavy atom. The maximum Gasteiger partial charge on any atom is 0.209 e. The fraction of sp³-hybridized carbons (Fsp3) is 1.00. The van der Waals surface area contributed by atoms with E-state index in [1.54, 1.807) is 7.11 Å². The molecular formula is C8H19NO4S. The van der Waals surface area contributed by atoms with Crippen molar-refractivity contribution in [3.63, 3.8) is 0 Å². The van der Waals surface area contributed by atoms with Crippen molar-refractivity contribution in [1.29, 1.82) is 0 Å². The van der Waals surface area contributed by atoms with Crippen LogP contribution >= 0.6 is 0 Å². The minimum absolute atomic E-state index is 0.0361. The lowest BCUT2D eigenvalue weighted by Crippen LogP contribution is -2.16. The second-order valence-corrected chi connectivity index (χ2v) is 4.77. The summed E-state index contributed by atoms with van der Waals surface area (Å²) in [6.45, 7) is 1.93. The third-order valence-corrected chi connectivity index (χ3v) is 2.46. The molecule has 0 fully saturated rings. The van der Waals surface area contributed by atoms with E-state index in [1.165, 1.54) is 0 Å². The molecule has 0 aromatic heterocycles. The Labute approximate surface area is 85.6 Å². The van der Waals surface area contributed by atoms with Crippen LogP contribution in [0.15, 0.2) is 0 Å². The molecule has 0 aromatic carbocycles. The first-order chi connectivity index (χ1) is 6.56. The largest absolute Gasteiger partial charge is 0.385 e. The molecule has 0 aliphatic rings. The van der Waals surface area contributed by atoms with E-state index in [4.69, 9.17) is 14.6 Å². The second-order valence-electron chi connectivity index (χ2n) is 3.03. The zero-order chi connectivity index (χ0) is 10.9. The lowest BCUT2D eigenvalue weighted by atomic mass is 10.3. The average molecular weight is 225 g/mol. The first-order valence-electron chi connectivity index (χ1n) is 4.63. The Kier molecular flexibility index (Phi) is 8.07. The van der Waals surface area contributed by atoms with Gasteiger partial charge in [-0.2, -0.15) is 0 Å². The first kappa shape index (κ1) is 13.8. The highest BCUT2D eigenvalue weighted by molar-refractivity contribution is 7.89. The topological polar surface area (TPSA) is 78.6 Å². The van der Waals surface area contributed by atoms with Crippen molar-refractivity contribution in [2.75, 3.05) is 32.7 Å². The molecule has 0 radical (unpaired) electrons. The van der Waals surface area contributed by atoms with Crippen molar-refractivity contribution in [2.24, 2.45) is 5.14 Å². The normalized spacial score (nSPS) is 11.9. The van der Waals surface area contributed by atoms with Gasteiger partial charge in [0.05, 0.1) is 5.75 Å². The summed E-state index contributed by atoms with van der Waals surface area (Å²) in [7, 11) is -1.66. The molecule has 14 heavy (non-hydrogen) atoms. The highest BCUT2D eigenvalue weighted by Crippen LogP contribution is 1.94. The van der Waals surface area contributed by atoms with Gasteiger partial charge in [-0.05, 0) is 19.3 Å². The van der Waals surface area contributed by atoms with Crippen LogP contribution in [-0.2, 0) is 19.5 Å². The summed E-state index contributed by atoms with van der Waals surface area (Å²) < 4.78 is 31.1. The number of nitrogens with two attached hydrogens (primary N) is 1. The second kappa shape index (κ2) is 8.16. The molecule has 6 heteroatoms. The van der Waals surface area contributed by atoms with E-state index < -0.39 is 10.0 Å². The van der Waals surface area contributed by atoms with Crippen molar-refractivity contribution >= 4 is 10.0 Å². The van der Waals surface area contributed by atoms with E-state index in [-0.39, 0.29) is 5.75 Å². The van der Waals surface area contributed by atoms with Crippen LogP contribution < -0.4 is 5.14 Å². The fourth-order valence-corrected chi connectivity index (χ4v) is 1.52. The summed E-state index contributed by atoms with van der Waals surface area (Å²) in [6, 6.07) is 0. The number of ether oxygens (including phenoxy) is 2. The van der Waals surface area contributed by atoms with Crippen LogP contribution in [0.5, 0.6) is 0 Å². The van der Waals surface area contributed by atoms with E-state index in [2.05, 4.69) is 0 Å². The predicted octanol–water partition coefficient (Wildman–Crippen LogP) is 0.108.